The number of H-pyrrole nitrogens is 1. The van der Waals surface area contributed by atoms with Gasteiger partial charge in [0.15, 0.2) is 0 Å². The minimum absolute atomic E-state index is 0.147. The molecule has 5 heteroatoms. The molecular weight excluding hydrogens is 324 g/mol. The minimum atomic E-state index is -0.234. The molecular formula is C21H20N4O. The van der Waals surface area contributed by atoms with Crippen molar-refractivity contribution in [2.45, 2.75) is 26.8 Å². The van der Waals surface area contributed by atoms with E-state index in [2.05, 4.69) is 20.3 Å². The summed E-state index contributed by atoms with van der Waals surface area (Å²) in [6.07, 6.45) is 0. The van der Waals surface area contributed by atoms with Crippen LogP contribution in [0.2, 0.25) is 0 Å². The number of aromatic amines is 1. The lowest BCUT2D eigenvalue weighted by Crippen LogP contribution is -2.28. The number of benzene rings is 2. The maximum absolute atomic E-state index is 12.8. The van der Waals surface area contributed by atoms with E-state index in [9.17, 15) is 4.79 Å². The van der Waals surface area contributed by atoms with Gasteiger partial charge in [-0.1, -0.05) is 23.8 Å². The highest BCUT2D eigenvalue weighted by Crippen LogP contribution is 2.20. The molecule has 2 aromatic carbocycles. The third-order valence-electron chi connectivity index (χ3n) is 4.57. The van der Waals surface area contributed by atoms with Crippen molar-refractivity contribution in [1.29, 1.82) is 0 Å². The molecule has 2 aromatic heterocycles. The second kappa shape index (κ2) is 6.26. The van der Waals surface area contributed by atoms with Crippen molar-refractivity contribution in [1.82, 2.24) is 20.3 Å². The third-order valence-corrected chi connectivity index (χ3v) is 4.57. The Morgan fingerprint density at radius 1 is 1.04 bits per heavy atom. The molecule has 2 heterocycles. The summed E-state index contributed by atoms with van der Waals surface area (Å²) in [5.74, 6) is 0.591. The molecule has 26 heavy (non-hydrogen) atoms. The van der Waals surface area contributed by atoms with E-state index in [1.807, 2.05) is 69.3 Å². The average molecular weight is 344 g/mol. The Bertz CT molecular complexity index is 1100. The molecule has 1 unspecified atom stereocenters. The van der Waals surface area contributed by atoms with Crippen molar-refractivity contribution in [3.05, 3.63) is 71.2 Å². The van der Waals surface area contributed by atoms with Gasteiger partial charge in [-0.15, -0.1) is 0 Å². The monoisotopic (exact) mass is 344 g/mol. The summed E-state index contributed by atoms with van der Waals surface area (Å²) in [6, 6.07) is 15.6. The van der Waals surface area contributed by atoms with E-state index in [1.165, 1.54) is 0 Å². The minimum Gasteiger partial charge on any atom is -0.342 e. The van der Waals surface area contributed by atoms with Gasteiger partial charge in [-0.25, -0.2) is 4.98 Å². The predicted molar refractivity (Wildman–Crippen MR) is 103 cm³/mol. The van der Waals surface area contributed by atoms with Gasteiger partial charge in [0.05, 0.1) is 33.8 Å². The standard InChI is InChI=1S/C21H20N4O/c1-12-8-9-17-15(10-12)11-16(13(2)22-17)21(26)23-14(3)20-24-18-6-4-5-7-19(18)25-20/h4-11,14H,1-3H3,(H,23,26)(H,24,25). The highest BCUT2D eigenvalue weighted by Gasteiger charge is 2.17. The number of para-hydroxylation sites is 2. The van der Waals surface area contributed by atoms with Gasteiger partial charge in [0, 0.05) is 5.39 Å². The SMILES string of the molecule is Cc1ccc2nc(C)c(C(=O)NC(C)c3nc4ccccc4[nH]3)cc2c1. The number of imidazole rings is 1. The maximum Gasteiger partial charge on any atom is 0.253 e. The molecule has 0 aliphatic heterocycles. The van der Waals surface area contributed by atoms with Gasteiger partial charge in [-0.05, 0) is 51.1 Å². The van der Waals surface area contributed by atoms with Crippen LogP contribution in [0.1, 0.15) is 40.4 Å². The Labute approximate surface area is 151 Å². The fraction of sp³-hybridized carbons (Fsp3) is 0.190. The van der Waals surface area contributed by atoms with Crippen molar-refractivity contribution in [2.24, 2.45) is 0 Å². The Kier molecular flexibility index (Phi) is 3.92. The van der Waals surface area contributed by atoms with Gasteiger partial charge in [0.2, 0.25) is 0 Å². The van der Waals surface area contributed by atoms with E-state index in [0.717, 1.165) is 39.0 Å². The number of carbonyl (C=O) groups excluding carboxylic acids is 1. The number of pyridine rings is 1. The fourth-order valence-corrected chi connectivity index (χ4v) is 3.14. The number of fused-ring (bicyclic) bond motifs is 2. The maximum atomic E-state index is 12.8. The number of nitrogens with one attached hydrogen (secondary N) is 2. The fourth-order valence-electron chi connectivity index (χ4n) is 3.14. The molecule has 0 bridgehead atoms. The first kappa shape index (κ1) is 16.3. The van der Waals surface area contributed by atoms with Crippen LogP contribution in [0.25, 0.3) is 21.9 Å². The van der Waals surface area contributed by atoms with E-state index in [1.54, 1.807) is 0 Å². The number of carbonyl (C=O) groups is 1. The van der Waals surface area contributed by atoms with Crippen molar-refractivity contribution in [2.75, 3.05) is 0 Å². The summed E-state index contributed by atoms with van der Waals surface area (Å²) in [7, 11) is 0. The molecule has 0 aliphatic carbocycles. The molecule has 0 radical (unpaired) electrons. The lowest BCUT2D eigenvalue weighted by Gasteiger charge is -2.13. The first-order chi connectivity index (χ1) is 12.5. The first-order valence-electron chi connectivity index (χ1n) is 8.65. The quantitative estimate of drug-likeness (QED) is 0.584. The van der Waals surface area contributed by atoms with Crippen LogP contribution in [-0.2, 0) is 0 Å². The zero-order chi connectivity index (χ0) is 18.3. The second-order valence-electron chi connectivity index (χ2n) is 6.65. The molecule has 0 spiro atoms. The zero-order valence-electron chi connectivity index (χ0n) is 15.0. The Hall–Kier alpha value is -3.21. The average Bonchev–Trinajstić information content (AvgIpc) is 3.05. The molecule has 1 amide bonds. The lowest BCUT2D eigenvalue weighted by molar-refractivity contribution is 0.0937. The van der Waals surface area contributed by atoms with Crippen LogP contribution in [0.4, 0.5) is 0 Å². The molecule has 0 fully saturated rings. The van der Waals surface area contributed by atoms with E-state index in [-0.39, 0.29) is 11.9 Å². The van der Waals surface area contributed by atoms with Crippen LogP contribution in [0.3, 0.4) is 0 Å². The number of rotatable bonds is 3. The van der Waals surface area contributed by atoms with Crippen LogP contribution in [-0.4, -0.2) is 20.9 Å². The largest absolute Gasteiger partial charge is 0.342 e. The molecule has 0 saturated heterocycles. The molecule has 4 aromatic rings. The molecule has 4 rings (SSSR count). The van der Waals surface area contributed by atoms with E-state index in [4.69, 9.17) is 0 Å². The highest BCUT2D eigenvalue weighted by atomic mass is 16.1. The summed E-state index contributed by atoms with van der Waals surface area (Å²) in [6.45, 7) is 5.81. The van der Waals surface area contributed by atoms with Crippen LogP contribution >= 0.6 is 0 Å². The van der Waals surface area contributed by atoms with Crippen LogP contribution in [0.15, 0.2) is 48.5 Å². The second-order valence-corrected chi connectivity index (χ2v) is 6.65. The number of hydrogen-bond acceptors (Lipinski definition) is 3. The van der Waals surface area contributed by atoms with E-state index >= 15 is 0 Å². The third kappa shape index (κ3) is 2.92. The molecule has 5 nitrogen and oxygen atoms in total. The Morgan fingerprint density at radius 3 is 2.65 bits per heavy atom. The van der Waals surface area contributed by atoms with Gasteiger partial charge < -0.3 is 10.3 Å². The number of amides is 1. The molecule has 2 N–H and O–H groups in total. The number of nitrogens with zero attached hydrogens (tertiary/aromatic N) is 2. The van der Waals surface area contributed by atoms with E-state index in [0.29, 0.717) is 5.56 Å². The molecule has 0 saturated carbocycles. The Balaban J connectivity index is 1.62. The number of hydrogen-bond donors (Lipinski definition) is 2. The molecule has 130 valence electrons. The van der Waals surface area contributed by atoms with Gasteiger partial charge >= 0.3 is 0 Å². The van der Waals surface area contributed by atoms with Crippen molar-refractivity contribution < 1.29 is 4.79 Å². The summed E-state index contributed by atoms with van der Waals surface area (Å²) < 4.78 is 0. The number of aromatic nitrogens is 3. The smallest absolute Gasteiger partial charge is 0.253 e. The summed E-state index contributed by atoms with van der Waals surface area (Å²) in [5, 5.41) is 3.99. The van der Waals surface area contributed by atoms with Gasteiger partial charge in [0.25, 0.3) is 5.91 Å². The zero-order valence-corrected chi connectivity index (χ0v) is 15.0. The lowest BCUT2D eigenvalue weighted by atomic mass is 10.1. The van der Waals surface area contributed by atoms with Crippen molar-refractivity contribution >= 4 is 27.8 Å². The number of aryl methyl sites for hydroxylation is 2. The molecule has 0 aliphatic rings. The highest BCUT2D eigenvalue weighted by molar-refractivity contribution is 5.98. The first-order valence-corrected chi connectivity index (χ1v) is 8.65. The van der Waals surface area contributed by atoms with Crippen LogP contribution in [0.5, 0.6) is 0 Å². The van der Waals surface area contributed by atoms with Gasteiger partial charge in [0.1, 0.15) is 5.82 Å². The van der Waals surface area contributed by atoms with Gasteiger partial charge in [-0.3, -0.25) is 9.78 Å². The summed E-state index contributed by atoms with van der Waals surface area (Å²) in [4.78, 5) is 25.2. The summed E-state index contributed by atoms with van der Waals surface area (Å²) in [5.41, 5.74) is 5.20. The normalized spacial score (nSPS) is 12.4. The Morgan fingerprint density at radius 2 is 1.85 bits per heavy atom. The van der Waals surface area contributed by atoms with Crippen LogP contribution in [0, 0.1) is 13.8 Å². The van der Waals surface area contributed by atoms with Gasteiger partial charge in [-0.2, -0.15) is 0 Å². The van der Waals surface area contributed by atoms with Crippen molar-refractivity contribution in [3.8, 4) is 0 Å². The van der Waals surface area contributed by atoms with E-state index < -0.39 is 0 Å². The molecule has 1 atom stereocenters. The van der Waals surface area contributed by atoms with Crippen LogP contribution < -0.4 is 5.32 Å². The van der Waals surface area contributed by atoms with Crippen molar-refractivity contribution in [3.63, 3.8) is 0 Å². The summed E-state index contributed by atoms with van der Waals surface area (Å²) >= 11 is 0. The predicted octanol–water partition coefficient (Wildman–Crippen LogP) is 4.22. The topological polar surface area (TPSA) is 70.7 Å².